The van der Waals surface area contributed by atoms with Gasteiger partial charge in [0.2, 0.25) is 11.6 Å². The molecule has 0 fully saturated rings. The molecule has 1 aromatic carbocycles. The summed E-state index contributed by atoms with van der Waals surface area (Å²) in [7, 11) is 0. The van der Waals surface area contributed by atoms with Gasteiger partial charge in [0, 0.05) is 0 Å². The zero-order chi connectivity index (χ0) is 16.3. The Labute approximate surface area is 122 Å². The molecule has 0 spiro atoms. The number of hydrazone groups is 1. The van der Waals surface area contributed by atoms with E-state index < -0.39 is 35.0 Å². The van der Waals surface area contributed by atoms with Gasteiger partial charge < -0.3 is 0 Å². The molecule has 1 aromatic heterocycles. The number of benzene rings is 1. The van der Waals surface area contributed by atoms with E-state index in [1.54, 1.807) is 6.92 Å². The van der Waals surface area contributed by atoms with Crippen molar-refractivity contribution in [3.8, 4) is 0 Å². The van der Waals surface area contributed by atoms with Gasteiger partial charge >= 0.3 is 0 Å². The van der Waals surface area contributed by atoms with Crippen molar-refractivity contribution in [3.05, 3.63) is 59.2 Å². The van der Waals surface area contributed by atoms with Crippen molar-refractivity contribution >= 4 is 11.4 Å². The van der Waals surface area contributed by atoms with Crippen LogP contribution in [0.25, 0.3) is 0 Å². The topological polar surface area (TPSA) is 37.3 Å². The molecule has 0 aliphatic heterocycles. The number of pyridine rings is 1. The van der Waals surface area contributed by atoms with Crippen molar-refractivity contribution in [2.24, 2.45) is 5.10 Å². The SMILES string of the molecule is CC/C(=N\Nc1c(F)c(F)nc(F)c1F)c1ccc(F)cc1. The summed E-state index contributed by atoms with van der Waals surface area (Å²) in [5.41, 5.74) is 1.68. The fourth-order valence-corrected chi connectivity index (χ4v) is 1.70. The second-order valence-corrected chi connectivity index (χ2v) is 4.23. The van der Waals surface area contributed by atoms with Gasteiger partial charge in [-0.2, -0.15) is 27.6 Å². The van der Waals surface area contributed by atoms with Gasteiger partial charge in [-0.05, 0) is 24.1 Å². The highest BCUT2D eigenvalue weighted by molar-refractivity contribution is 6.00. The molecule has 0 saturated heterocycles. The number of nitrogens with one attached hydrogen (secondary N) is 1. The van der Waals surface area contributed by atoms with Gasteiger partial charge in [-0.15, -0.1) is 0 Å². The third kappa shape index (κ3) is 3.21. The largest absolute Gasteiger partial charge is 0.272 e. The fourth-order valence-electron chi connectivity index (χ4n) is 1.70. The summed E-state index contributed by atoms with van der Waals surface area (Å²) < 4.78 is 65.6. The highest BCUT2D eigenvalue weighted by Gasteiger charge is 2.20. The van der Waals surface area contributed by atoms with Crippen LogP contribution in [0.2, 0.25) is 0 Å². The molecular formula is C14H10F5N3. The van der Waals surface area contributed by atoms with E-state index in [0.29, 0.717) is 17.7 Å². The molecule has 0 radical (unpaired) electrons. The second kappa shape index (κ2) is 6.50. The molecule has 0 aliphatic rings. The maximum atomic E-state index is 13.4. The Hall–Kier alpha value is -2.51. The van der Waals surface area contributed by atoms with E-state index in [0.717, 1.165) is 0 Å². The van der Waals surface area contributed by atoms with Crippen LogP contribution in [0, 0.1) is 29.3 Å². The first-order valence-electron chi connectivity index (χ1n) is 6.22. The summed E-state index contributed by atoms with van der Waals surface area (Å²) in [5, 5.41) is 3.72. The van der Waals surface area contributed by atoms with Crippen molar-refractivity contribution in [2.75, 3.05) is 5.43 Å². The average Bonchev–Trinajstić information content (AvgIpc) is 2.50. The van der Waals surface area contributed by atoms with E-state index >= 15 is 0 Å². The van der Waals surface area contributed by atoms with Crippen LogP contribution in [0.4, 0.5) is 27.6 Å². The first-order valence-corrected chi connectivity index (χ1v) is 6.22. The smallest absolute Gasteiger partial charge is 0.254 e. The Morgan fingerprint density at radius 2 is 1.55 bits per heavy atom. The Morgan fingerprint density at radius 3 is 2.05 bits per heavy atom. The monoisotopic (exact) mass is 315 g/mol. The van der Waals surface area contributed by atoms with Crippen molar-refractivity contribution in [2.45, 2.75) is 13.3 Å². The fraction of sp³-hybridized carbons (Fsp3) is 0.143. The maximum Gasteiger partial charge on any atom is 0.254 e. The van der Waals surface area contributed by atoms with E-state index in [4.69, 9.17) is 0 Å². The lowest BCUT2D eigenvalue weighted by atomic mass is 10.1. The quantitative estimate of drug-likeness (QED) is 0.401. The minimum atomic E-state index is -1.78. The molecule has 2 aromatic rings. The Bertz CT molecular complexity index is 687. The Balaban J connectivity index is 2.36. The lowest BCUT2D eigenvalue weighted by molar-refractivity contribution is 0.411. The number of aromatic nitrogens is 1. The van der Waals surface area contributed by atoms with Crippen molar-refractivity contribution in [1.82, 2.24) is 4.98 Å². The predicted molar refractivity (Wildman–Crippen MR) is 70.9 cm³/mol. The van der Waals surface area contributed by atoms with E-state index in [-0.39, 0.29) is 0 Å². The Morgan fingerprint density at radius 1 is 1.00 bits per heavy atom. The first kappa shape index (κ1) is 15.9. The molecule has 0 amide bonds. The summed E-state index contributed by atoms with van der Waals surface area (Å²) in [4.78, 5) is 2.44. The lowest BCUT2D eigenvalue weighted by Crippen LogP contribution is -2.09. The lowest BCUT2D eigenvalue weighted by Gasteiger charge is -2.08. The summed E-state index contributed by atoms with van der Waals surface area (Å²) in [6.45, 7) is 1.70. The number of anilines is 1. The Kier molecular flexibility index (Phi) is 4.69. The molecule has 3 nitrogen and oxygen atoms in total. The van der Waals surface area contributed by atoms with Crippen molar-refractivity contribution in [3.63, 3.8) is 0 Å². The molecular weight excluding hydrogens is 305 g/mol. The van der Waals surface area contributed by atoms with Crippen LogP contribution in [-0.4, -0.2) is 10.7 Å². The molecule has 1 heterocycles. The number of hydrogen-bond donors (Lipinski definition) is 1. The molecule has 116 valence electrons. The van der Waals surface area contributed by atoms with Crippen molar-refractivity contribution in [1.29, 1.82) is 0 Å². The highest BCUT2D eigenvalue weighted by atomic mass is 19.2. The number of halogens is 5. The molecule has 0 bridgehead atoms. The molecule has 22 heavy (non-hydrogen) atoms. The normalized spacial score (nSPS) is 11.6. The number of hydrogen-bond acceptors (Lipinski definition) is 3. The number of nitrogens with zero attached hydrogens (tertiary/aromatic N) is 2. The van der Waals surface area contributed by atoms with Gasteiger partial charge in [0.05, 0.1) is 5.71 Å². The molecule has 1 N–H and O–H groups in total. The zero-order valence-electron chi connectivity index (χ0n) is 11.3. The third-order valence-corrected chi connectivity index (χ3v) is 2.81. The van der Waals surface area contributed by atoms with E-state index in [1.165, 1.54) is 24.3 Å². The van der Waals surface area contributed by atoms with E-state index in [9.17, 15) is 22.0 Å². The van der Waals surface area contributed by atoms with Gasteiger partial charge in [0.1, 0.15) is 11.5 Å². The standard InChI is InChI=1S/C14H10F5N3/c1-2-9(7-3-5-8(15)6-4-7)21-22-12-10(16)13(18)20-14(19)11(12)17/h3-6H,2H2,1H3,(H,20,22)/b21-9+. The minimum absolute atomic E-state index is 0.316. The summed E-state index contributed by atoms with van der Waals surface area (Å²) in [5.74, 6) is -7.38. The van der Waals surface area contributed by atoms with Crippen LogP contribution in [0.3, 0.4) is 0 Å². The minimum Gasteiger partial charge on any atom is -0.272 e. The molecule has 0 aliphatic carbocycles. The van der Waals surface area contributed by atoms with Crippen LogP contribution >= 0.6 is 0 Å². The highest BCUT2D eigenvalue weighted by Crippen LogP contribution is 2.22. The van der Waals surface area contributed by atoms with Gasteiger partial charge in [0.25, 0.3) is 11.9 Å². The zero-order valence-corrected chi connectivity index (χ0v) is 11.3. The van der Waals surface area contributed by atoms with Crippen LogP contribution in [0.15, 0.2) is 29.4 Å². The maximum absolute atomic E-state index is 13.4. The predicted octanol–water partition coefficient (Wildman–Crippen LogP) is 4.00. The molecule has 8 heteroatoms. The average molecular weight is 315 g/mol. The summed E-state index contributed by atoms with van der Waals surface area (Å²) >= 11 is 0. The van der Waals surface area contributed by atoms with Crippen LogP contribution in [0.1, 0.15) is 18.9 Å². The van der Waals surface area contributed by atoms with Crippen LogP contribution in [-0.2, 0) is 0 Å². The van der Waals surface area contributed by atoms with Gasteiger partial charge in [-0.25, -0.2) is 4.39 Å². The van der Waals surface area contributed by atoms with Gasteiger partial charge in [-0.1, -0.05) is 19.1 Å². The van der Waals surface area contributed by atoms with Gasteiger partial charge in [-0.3, -0.25) is 5.43 Å². The summed E-state index contributed by atoms with van der Waals surface area (Å²) in [6.07, 6.45) is 0.331. The molecule has 0 atom stereocenters. The van der Waals surface area contributed by atoms with Crippen LogP contribution < -0.4 is 5.43 Å². The molecule has 0 unspecified atom stereocenters. The summed E-state index contributed by atoms with van der Waals surface area (Å²) in [6, 6.07) is 5.21. The van der Waals surface area contributed by atoms with Crippen molar-refractivity contribution < 1.29 is 22.0 Å². The number of rotatable bonds is 4. The second-order valence-electron chi connectivity index (χ2n) is 4.23. The van der Waals surface area contributed by atoms with E-state index in [2.05, 4.69) is 10.1 Å². The van der Waals surface area contributed by atoms with Gasteiger partial charge in [0.15, 0.2) is 0 Å². The molecule has 0 saturated carbocycles. The van der Waals surface area contributed by atoms with E-state index in [1.807, 2.05) is 5.43 Å². The first-order chi connectivity index (χ1) is 10.4. The molecule has 2 rings (SSSR count). The van der Waals surface area contributed by atoms with Crippen LogP contribution in [0.5, 0.6) is 0 Å². The third-order valence-electron chi connectivity index (χ3n) is 2.81.